The molecule has 2 heterocycles. The van der Waals surface area contributed by atoms with E-state index in [1.807, 2.05) is 0 Å². The van der Waals surface area contributed by atoms with Gasteiger partial charge in [-0.05, 0) is 24.3 Å². The SMILES string of the molecule is O=C1CN=C(c2ccccc2F)c2cccn2N1. The Kier molecular flexibility index (Phi) is 2.44. The summed E-state index contributed by atoms with van der Waals surface area (Å²) in [6, 6.07) is 9.97. The van der Waals surface area contributed by atoms with Crippen molar-refractivity contribution in [3.63, 3.8) is 0 Å². The maximum absolute atomic E-state index is 13.8. The first-order valence-corrected chi connectivity index (χ1v) is 5.52. The van der Waals surface area contributed by atoms with Crippen LogP contribution >= 0.6 is 0 Å². The molecular formula is C13H10FN3O. The molecule has 1 amide bonds. The van der Waals surface area contributed by atoms with Crippen molar-refractivity contribution in [2.24, 2.45) is 4.99 Å². The number of nitrogens with one attached hydrogen (secondary N) is 1. The number of hydrogen-bond donors (Lipinski definition) is 1. The lowest BCUT2D eigenvalue weighted by Crippen LogP contribution is -2.23. The zero-order valence-electron chi connectivity index (χ0n) is 9.43. The van der Waals surface area contributed by atoms with Gasteiger partial charge in [0.2, 0.25) is 0 Å². The van der Waals surface area contributed by atoms with Crippen LogP contribution in [0, 0.1) is 5.82 Å². The van der Waals surface area contributed by atoms with Crippen molar-refractivity contribution in [3.05, 3.63) is 59.7 Å². The molecule has 0 fully saturated rings. The van der Waals surface area contributed by atoms with Gasteiger partial charge in [-0.2, -0.15) is 0 Å². The Labute approximate surface area is 103 Å². The maximum atomic E-state index is 13.8. The summed E-state index contributed by atoms with van der Waals surface area (Å²) in [5, 5.41) is 0. The molecule has 0 bridgehead atoms. The molecule has 0 atom stereocenters. The van der Waals surface area contributed by atoms with Crippen LogP contribution in [0.3, 0.4) is 0 Å². The first-order valence-electron chi connectivity index (χ1n) is 5.52. The van der Waals surface area contributed by atoms with Gasteiger partial charge < -0.3 is 0 Å². The van der Waals surface area contributed by atoms with E-state index < -0.39 is 0 Å². The van der Waals surface area contributed by atoms with Crippen molar-refractivity contribution < 1.29 is 9.18 Å². The number of rotatable bonds is 1. The first kappa shape index (κ1) is 10.7. The quantitative estimate of drug-likeness (QED) is 0.811. The minimum atomic E-state index is -0.349. The normalized spacial score (nSPS) is 14.5. The van der Waals surface area contributed by atoms with Crippen LogP contribution in [0.2, 0.25) is 0 Å². The molecule has 0 spiro atoms. The highest BCUT2D eigenvalue weighted by atomic mass is 19.1. The van der Waals surface area contributed by atoms with E-state index in [9.17, 15) is 9.18 Å². The summed E-state index contributed by atoms with van der Waals surface area (Å²) < 4.78 is 15.4. The van der Waals surface area contributed by atoms with Crippen LogP contribution in [0.25, 0.3) is 0 Å². The van der Waals surface area contributed by atoms with Crippen molar-refractivity contribution in [1.29, 1.82) is 0 Å². The molecule has 0 radical (unpaired) electrons. The van der Waals surface area contributed by atoms with Crippen molar-refractivity contribution >= 4 is 11.6 Å². The molecule has 4 nitrogen and oxygen atoms in total. The first-order chi connectivity index (χ1) is 8.75. The Morgan fingerprint density at radius 1 is 1.22 bits per heavy atom. The Morgan fingerprint density at radius 2 is 2.06 bits per heavy atom. The third kappa shape index (κ3) is 1.69. The van der Waals surface area contributed by atoms with Crippen LogP contribution in [0.4, 0.5) is 4.39 Å². The van der Waals surface area contributed by atoms with Crippen molar-refractivity contribution in [3.8, 4) is 0 Å². The number of carbonyl (C=O) groups is 1. The predicted molar refractivity (Wildman–Crippen MR) is 65.7 cm³/mol. The highest BCUT2D eigenvalue weighted by molar-refractivity contribution is 6.13. The third-order valence-electron chi connectivity index (χ3n) is 2.75. The summed E-state index contributed by atoms with van der Waals surface area (Å²) in [4.78, 5) is 15.7. The molecule has 3 rings (SSSR count). The molecular weight excluding hydrogens is 233 g/mol. The van der Waals surface area contributed by atoms with Crippen LogP contribution < -0.4 is 5.43 Å². The minimum Gasteiger partial charge on any atom is -0.272 e. The van der Waals surface area contributed by atoms with Gasteiger partial charge in [0.15, 0.2) is 0 Å². The molecule has 0 saturated heterocycles. The van der Waals surface area contributed by atoms with Crippen molar-refractivity contribution in [2.75, 3.05) is 12.0 Å². The fourth-order valence-electron chi connectivity index (χ4n) is 1.95. The summed E-state index contributed by atoms with van der Waals surface area (Å²) in [6.07, 6.45) is 1.70. The van der Waals surface area contributed by atoms with Gasteiger partial charge in [-0.1, -0.05) is 12.1 Å². The second-order valence-corrected chi connectivity index (χ2v) is 3.94. The van der Waals surface area contributed by atoms with E-state index >= 15 is 0 Å². The second-order valence-electron chi connectivity index (χ2n) is 3.94. The van der Waals surface area contributed by atoms with Crippen molar-refractivity contribution in [1.82, 2.24) is 4.68 Å². The van der Waals surface area contributed by atoms with E-state index in [-0.39, 0.29) is 18.3 Å². The average Bonchev–Trinajstić information content (AvgIpc) is 2.74. The zero-order chi connectivity index (χ0) is 12.5. The Hall–Kier alpha value is -2.43. The number of carbonyl (C=O) groups excluding carboxylic acids is 1. The Balaban J connectivity index is 2.18. The maximum Gasteiger partial charge on any atom is 0.260 e. The van der Waals surface area contributed by atoms with Gasteiger partial charge in [-0.25, -0.2) is 4.39 Å². The lowest BCUT2D eigenvalue weighted by atomic mass is 10.1. The number of amides is 1. The molecule has 2 aromatic rings. The molecule has 1 aliphatic heterocycles. The minimum absolute atomic E-state index is 0.00858. The second kappa shape index (κ2) is 4.10. The van der Waals surface area contributed by atoms with E-state index in [4.69, 9.17) is 0 Å². The average molecular weight is 243 g/mol. The van der Waals surface area contributed by atoms with Gasteiger partial charge in [-0.15, -0.1) is 0 Å². The molecule has 0 unspecified atom stereocenters. The summed E-state index contributed by atoms with van der Waals surface area (Å²) >= 11 is 0. The van der Waals surface area contributed by atoms with Gasteiger partial charge in [-0.3, -0.25) is 19.9 Å². The predicted octanol–water partition coefficient (Wildman–Crippen LogP) is 1.55. The molecule has 1 N–H and O–H groups in total. The number of aliphatic imine (C=N–C) groups is 1. The van der Waals surface area contributed by atoms with Gasteiger partial charge in [0.05, 0.1) is 11.4 Å². The van der Waals surface area contributed by atoms with Gasteiger partial charge >= 0.3 is 0 Å². The summed E-state index contributed by atoms with van der Waals surface area (Å²) in [7, 11) is 0. The summed E-state index contributed by atoms with van der Waals surface area (Å²) in [5.74, 6) is -0.572. The standard InChI is InChI=1S/C13H10FN3O/c14-10-5-2-1-4-9(10)13-11-6-3-7-17(11)16-12(18)8-15-13/h1-7H,8H2,(H,16,18). The molecule has 90 valence electrons. The molecule has 5 heteroatoms. The fraction of sp³-hybridized carbons (Fsp3) is 0.0769. The monoisotopic (exact) mass is 243 g/mol. The van der Waals surface area contributed by atoms with E-state index in [1.54, 1.807) is 41.2 Å². The molecule has 0 saturated carbocycles. The van der Waals surface area contributed by atoms with E-state index in [2.05, 4.69) is 10.4 Å². The van der Waals surface area contributed by atoms with E-state index in [1.165, 1.54) is 6.07 Å². The molecule has 18 heavy (non-hydrogen) atoms. The number of hydrogen-bond acceptors (Lipinski definition) is 2. The van der Waals surface area contributed by atoms with Gasteiger partial charge in [0.25, 0.3) is 5.91 Å². The smallest absolute Gasteiger partial charge is 0.260 e. The topological polar surface area (TPSA) is 46.4 Å². The van der Waals surface area contributed by atoms with Gasteiger partial charge in [0, 0.05) is 11.8 Å². The summed E-state index contributed by atoms with van der Waals surface area (Å²) in [5.41, 5.74) is 4.21. The number of aromatic nitrogens is 1. The van der Waals surface area contributed by atoms with Crippen LogP contribution in [0.5, 0.6) is 0 Å². The molecule has 1 aromatic heterocycles. The number of nitrogens with zero attached hydrogens (tertiary/aromatic N) is 2. The molecule has 1 aliphatic rings. The summed E-state index contributed by atoms with van der Waals surface area (Å²) in [6.45, 7) is -0.00858. The van der Waals surface area contributed by atoms with E-state index in [0.717, 1.165) is 0 Å². The van der Waals surface area contributed by atoms with Crippen LogP contribution in [0.1, 0.15) is 11.3 Å². The highest BCUT2D eigenvalue weighted by Crippen LogP contribution is 2.16. The number of halogens is 1. The lowest BCUT2D eigenvalue weighted by Gasteiger charge is -2.08. The zero-order valence-corrected chi connectivity index (χ0v) is 9.43. The number of fused-ring (bicyclic) bond motifs is 1. The Bertz CT molecular complexity index is 645. The lowest BCUT2D eigenvalue weighted by molar-refractivity contribution is -0.115. The Morgan fingerprint density at radius 3 is 2.89 bits per heavy atom. The molecule has 1 aromatic carbocycles. The largest absolute Gasteiger partial charge is 0.272 e. The van der Waals surface area contributed by atoms with Crippen LogP contribution in [-0.4, -0.2) is 22.8 Å². The van der Waals surface area contributed by atoms with Crippen LogP contribution in [0.15, 0.2) is 47.6 Å². The molecule has 0 aliphatic carbocycles. The highest BCUT2D eigenvalue weighted by Gasteiger charge is 2.19. The van der Waals surface area contributed by atoms with Crippen LogP contribution in [-0.2, 0) is 4.79 Å². The van der Waals surface area contributed by atoms with E-state index in [0.29, 0.717) is 17.0 Å². The number of benzene rings is 1. The third-order valence-corrected chi connectivity index (χ3v) is 2.75. The van der Waals surface area contributed by atoms with Gasteiger partial charge in [0.1, 0.15) is 12.4 Å². The van der Waals surface area contributed by atoms with Crippen molar-refractivity contribution in [2.45, 2.75) is 0 Å². The fourth-order valence-corrected chi connectivity index (χ4v) is 1.95.